The Morgan fingerprint density at radius 3 is 2.44 bits per heavy atom. The van der Waals surface area contributed by atoms with Gasteiger partial charge in [0.1, 0.15) is 17.2 Å². The molecule has 5 rings (SSSR count). The van der Waals surface area contributed by atoms with E-state index < -0.39 is 23.1 Å². The van der Waals surface area contributed by atoms with Crippen LogP contribution in [0.5, 0.6) is 0 Å². The number of benzene rings is 3. The number of fused-ring (bicyclic) bond motifs is 1. The van der Waals surface area contributed by atoms with Crippen molar-refractivity contribution in [3.05, 3.63) is 87.9 Å². The van der Waals surface area contributed by atoms with E-state index in [1.165, 1.54) is 6.07 Å². The molecule has 32 heavy (non-hydrogen) atoms. The second-order valence-corrected chi connectivity index (χ2v) is 8.18. The van der Waals surface area contributed by atoms with Gasteiger partial charge in [-0.25, -0.2) is 13.6 Å². The van der Waals surface area contributed by atoms with Crippen LogP contribution in [-0.4, -0.2) is 10.5 Å². The molecule has 5 nitrogen and oxygen atoms in total. The number of aryl methyl sites for hydroxylation is 1. The Balaban J connectivity index is 1.44. The molecule has 0 atom stereocenters. The van der Waals surface area contributed by atoms with E-state index >= 15 is 0 Å². The van der Waals surface area contributed by atoms with E-state index in [0.717, 1.165) is 47.2 Å². The number of amides is 1. The molecule has 0 saturated heterocycles. The molecular weight excluding hydrogens is 414 g/mol. The lowest BCUT2D eigenvalue weighted by molar-refractivity contribution is 0.101. The maximum absolute atomic E-state index is 13.8. The summed E-state index contributed by atoms with van der Waals surface area (Å²) in [4.78, 5) is 24.6. The van der Waals surface area contributed by atoms with Crippen LogP contribution in [0.15, 0.2) is 63.8 Å². The van der Waals surface area contributed by atoms with Crippen LogP contribution in [0, 0.1) is 24.5 Å². The van der Waals surface area contributed by atoms with E-state index in [1.807, 2.05) is 31.2 Å². The Labute approximate surface area is 182 Å². The van der Waals surface area contributed by atoms with Gasteiger partial charge in [-0.15, -0.1) is 0 Å². The molecule has 0 bridgehead atoms. The fourth-order valence-corrected chi connectivity index (χ4v) is 3.89. The number of rotatable bonds is 5. The Hall–Kier alpha value is -3.74. The Kier molecular flexibility index (Phi) is 4.89. The smallest absolute Gasteiger partial charge is 0.408 e. The van der Waals surface area contributed by atoms with E-state index in [-0.39, 0.29) is 5.76 Å². The average Bonchev–Trinajstić information content (AvgIpc) is 3.52. The predicted octanol–water partition coefficient (Wildman–Crippen LogP) is 5.51. The summed E-state index contributed by atoms with van der Waals surface area (Å²) in [6.45, 7) is 2.59. The summed E-state index contributed by atoms with van der Waals surface area (Å²) < 4.78 is 34.8. The number of oxazole rings is 1. The Morgan fingerprint density at radius 1 is 1.09 bits per heavy atom. The Bertz CT molecular complexity index is 1380. The van der Waals surface area contributed by atoms with Crippen LogP contribution in [-0.2, 0) is 6.54 Å². The van der Waals surface area contributed by atoms with Gasteiger partial charge in [0, 0.05) is 12.2 Å². The number of anilines is 1. The van der Waals surface area contributed by atoms with Gasteiger partial charge in [-0.3, -0.25) is 9.36 Å². The van der Waals surface area contributed by atoms with E-state index in [9.17, 15) is 18.4 Å². The second kappa shape index (κ2) is 7.75. The van der Waals surface area contributed by atoms with Crippen LogP contribution in [0.4, 0.5) is 14.5 Å². The molecule has 4 aromatic rings. The van der Waals surface area contributed by atoms with Gasteiger partial charge < -0.3 is 9.73 Å². The van der Waals surface area contributed by atoms with Crippen molar-refractivity contribution in [2.45, 2.75) is 26.3 Å². The largest absolute Gasteiger partial charge is 0.419 e. The highest BCUT2D eigenvalue weighted by Crippen LogP contribution is 2.33. The summed E-state index contributed by atoms with van der Waals surface area (Å²) >= 11 is 0. The van der Waals surface area contributed by atoms with E-state index in [2.05, 4.69) is 5.32 Å². The van der Waals surface area contributed by atoms with Crippen molar-refractivity contribution in [1.29, 1.82) is 0 Å². The van der Waals surface area contributed by atoms with E-state index in [4.69, 9.17) is 4.42 Å². The first-order valence-electron chi connectivity index (χ1n) is 10.4. The highest BCUT2D eigenvalue weighted by Gasteiger charge is 2.24. The summed E-state index contributed by atoms with van der Waals surface area (Å²) in [5.41, 5.74) is 3.87. The number of nitrogens with one attached hydrogen (secondary N) is 1. The van der Waals surface area contributed by atoms with Gasteiger partial charge in [-0.05, 0) is 78.8 Å². The third-order valence-corrected chi connectivity index (χ3v) is 5.80. The van der Waals surface area contributed by atoms with Crippen molar-refractivity contribution in [1.82, 2.24) is 4.57 Å². The van der Waals surface area contributed by atoms with Crippen LogP contribution >= 0.6 is 0 Å². The lowest BCUT2D eigenvalue weighted by Gasteiger charge is -2.10. The van der Waals surface area contributed by atoms with Crippen LogP contribution in [0.1, 0.15) is 28.8 Å². The monoisotopic (exact) mass is 434 g/mol. The highest BCUT2D eigenvalue weighted by molar-refractivity contribution is 6.04. The molecule has 1 fully saturated rings. The number of nitrogens with zero attached hydrogens (tertiary/aromatic N) is 1. The van der Waals surface area contributed by atoms with Crippen molar-refractivity contribution in [2.24, 2.45) is 5.92 Å². The SMILES string of the molecule is Cc1cc2oc(=O)n(CC3CC3)c2cc1-c1ccc(NC(=O)c2c(F)cccc2F)cc1. The van der Waals surface area contributed by atoms with Gasteiger partial charge in [0.05, 0.1) is 5.52 Å². The second-order valence-electron chi connectivity index (χ2n) is 8.18. The average molecular weight is 434 g/mol. The van der Waals surface area contributed by atoms with Gasteiger partial charge in [-0.1, -0.05) is 18.2 Å². The molecule has 0 unspecified atom stereocenters. The molecule has 1 aliphatic rings. The first-order chi connectivity index (χ1) is 15.4. The van der Waals surface area contributed by atoms with Gasteiger partial charge in [0.15, 0.2) is 5.58 Å². The zero-order valence-corrected chi connectivity index (χ0v) is 17.3. The van der Waals surface area contributed by atoms with Crippen LogP contribution < -0.4 is 11.1 Å². The quantitative estimate of drug-likeness (QED) is 0.450. The van der Waals surface area contributed by atoms with E-state index in [1.54, 1.807) is 16.7 Å². The first-order valence-corrected chi connectivity index (χ1v) is 10.4. The molecule has 1 N–H and O–H groups in total. The van der Waals surface area contributed by atoms with Crippen molar-refractivity contribution in [3.8, 4) is 11.1 Å². The molecule has 1 aliphatic carbocycles. The summed E-state index contributed by atoms with van der Waals surface area (Å²) in [7, 11) is 0. The topological polar surface area (TPSA) is 64.2 Å². The molecule has 162 valence electrons. The van der Waals surface area contributed by atoms with Gasteiger partial charge in [0.2, 0.25) is 0 Å². The lowest BCUT2D eigenvalue weighted by Crippen LogP contribution is -2.15. The summed E-state index contributed by atoms with van der Waals surface area (Å²) in [6, 6.07) is 14.0. The molecule has 7 heteroatoms. The number of aromatic nitrogens is 1. The fraction of sp³-hybridized carbons (Fsp3) is 0.200. The molecule has 0 aliphatic heterocycles. The number of carbonyl (C=O) groups excluding carboxylic acids is 1. The third kappa shape index (κ3) is 3.70. The molecular formula is C25H20F2N2O3. The number of halogens is 2. The Morgan fingerprint density at radius 2 is 1.78 bits per heavy atom. The minimum Gasteiger partial charge on any atom is -0.408 e. The normalized spacial score (nSPS) is 13.5. The highest BCUT2D eigenvalue weighted by atomic mass is 19.1. The van der Waals surface area contributed by atoms with Crippen LogP contribution in [0.25, 0.3) is 22.2 Å². The zero-order valence-electron chi connectivity index (χ0n) is 17.3. The number of hydrogen-bond donors (Lipinski definition) is 1. The summed E-state index contributed by atoms with van der Waals surface area (Å²) in [6.07, 6.45) is 2.25. The van der Waals surface area contributed by atoms with Gasteiger partial charge in [-0.2, -0.15) is 0 Å². The molecule has 1 saturated carbocycles. The molecule has 0 spiro atoms. The van der Waals surface area contributed by atoms with Crippen LogP contribution in [0.3, 0.4) is 0 Å². The van der Waals surface area contributed by atoms with E-state index in [0.29, 0.717) is 23.7 Å². The third-order valence-electron chi connectivity index (χ3n) is 5.80. The van der Waals surface area contributed by atoms with Crippen molar-refractivity contribution >= 4 is 22.7 Å². The van der Waals surface area contributed by atoms with Crippen molar-refractivity contribution < 1.29 is 18.0 Å². The van der Waals surface area contributed by atoms with Gasteiger partial charge in [0.25, 0.3) is 5.91 Å². The standard InChI is InChI=1S/C25H20F2N2O3/c1-14-11-22-21(29(25(31)32-22)13-15-5-6-15)12-18(14)16-7-9-17(10-8-16)28-24(30)23-19(26)3-2-4-20(23)27/h2-4,7-12,15H,5-6,13H2,1H3,(H,28,30). The number of carbonyl (C=O) groups is 1. The lowest BCUT2D eigenvalue weighted by atomic mass is 9.99. The van der Waals surface area contributed by atoms with Gasteiger partial charge >= 0.3 is 5.76 Å². The molecule has 3 aromatic carbocycles. The predicted molar refractivity (Wildman–Crippen MR) is 118 cm³/mol. The summed E-state index contributed by atoms with van der Waals surface area (Å²) in [5, 5.41) is 2.52. The zero-order chi connectivity index (χ0) is 22.4. The fourth-order valence-electron chi connectivity index (χ4n) is 3.89. The van der Waals surface area contributed by atoms with Crippen molar-refractivity contribution in [2.75, 3.05) is 5.32 Å². The maximum Gasteiger partial charge on any atom is 0.419 e. The minimum absolute atomic E-state index is 0.345. The first kappa shape index (κ1) is 20.2. The number of hydrogen-bond acceptors (Lipinski definition) is 3. The maximum atomic E-state index is 13.8. The molecule has 0 radical (unpaired) electrons. The van der Waals surface area contributed by atoms with Crippen LogP contribution in [0.2, 0.25) is 0 Å². The molecule has 1 amide bonds. The minimum atomic E-state index is -0.916. The van der Waals surface area contributed by atoms with Crippen molar-refractivity contribution in [3.63, 3.8) is 0 Å². The molecule has 1 heterocycles. The summed E-state index contributed by atoms with van der Waals surface area (Å²) in [5.74, 6) is -2.50. The molecule has 1 aromatic heterocycles.